The Labute approximate surface area is 132 Å². The van der Waals surface area contributed by atoms with Crippen LogP contribution in [0.15, 0.2) is 30.6 Å². The summed E-state index contributed by atoms with van der Waals surface area (Å²) in [6, 6.07) is 5.57. The maximum absolute atomic E-state index is 10.6. The normalized spacial score (nSPS) is 17.9. The molecule has 3 rings (SSSR count). The molecule has 0 fully saturated rings. The molecule has 122 valence electrons. The summed E-state index contributed by atoms with van der Waals surface area (Å²) >= 11 is 0. The van der Waals surface area contributed by atoms with Crippen LogP contribution in [0.5, 0.6) is 5.75 Å². The number of hydrogen-bond donors (Lipinski definition) is 3. The molecule has 3 N–H and O–H groups in total. The molecule has 0 spiro atoms. The average Bonchev–Trinajstić information content (AvgIpc) is 3.13. The molecule has 0 saturated carbocycles. The lowest BCUT2D eigenvalue weighted by molar-refractivity contribution is -0.385. The molecule has 2 aromatic rings. The first-order chi connectivity index (χ1) is 11.0. The maximum Gasteiger partial charge on any atom is 0.306 e. The highest BCUT2D eigenvalue weighted by atomic mass is 16.6. The van der Waals surface area contributed by atoms with Crippen LogP contribution in [-0.4, -0.2) is 37.6 Å². The molecule has 0 aliphatic heterocycles. The zero-order chi connectivity index (χ0) is 16.4. The number of nitrogens with one attached hydrogen (secondary N) is 1. The number of nitro groups is 1. The van der Waals surface area contributed by atoms with Crippen molar-refractivity contribution in [1.29, 1.82) is 0 Å². The highest BCUT2D eigenvalue weighted by molar-refractivity contribution is 5.44. The number of benzene rings is 1. The van der Waals surface area contributed by atoms with E-state index in [1.54, 1.807) is 6.07 Å². The minimum absolute atomic E-state index is 0.0923. The van der Waals surface area contributed by atoms with E-state index in [-0.39, 0.29) is 18.3 Å². The summed E-state index contributed by atoms with van der Waals surface area (Å²) in [5.41, 5.74) is 1.93. The first kappa shape index (κ1) is 15.4. The zero-order valence-corrected chi connectivity index (χ0v) is 12.4. The Hall–Kier alpha value is -2.45. The van der Waals surface area contributed by atoms with Gasteiger partial charge in [0.1, 0.15) is 18.1 Å². The molecule has 2 unspecified atom stereocenters. The van der Waals surface area contributed by atoms with Crippen molar-refractivity contribution in [2.75, 3.05) is 6.54 Å². The van der Waals surface area contributed by atoms with Gasteiger partial charge in [0.15, 0.2) is 0 Å². The van der Waals surface area contributed by atoms with E-state index in [1.807, 2.05) is 12.1 Å². The van der Waals surface area contributed by atoms with Gasteiger partial charge in [-0.25, -0.2) is 0 Å². The number of aliphatic hydroxyl groups excluding tert-OH is 1. The molecule has 1 heterocycles. The Morgan fingerprint density at radius 3 is 3.09 bits per heavy atom. The molecule has 0 saturated heterocycles. The van der Waals surface area contributed by atoms with Crippen LogP contribution in [0.3, 0.4) is 0 Å². The van der Waals surface area contributed by atoms with E-state index in [9.17, 15) is 20.3 Å². The van der Waals surface area contributed by atoms with Crippen molar-refractivity contribution < 1.29 is 15.1 Å². The molecule has 8 heteroatoms. The fourth-order valence-electron chi connectivity index (χ4n) is 2.95. The molecule has 1 aromatic carbocycles. The van der Waals surface area contributed by atoms with Crippen molar-refractivity contribution in [3.8, 4) is 5.75 Å². The first-order valence-corrected chi connectivity index (χ1v) is 7.43. The van der Waals surface area contributed by atoms with Crippen LogP contribution in [-0.2, 0) is 13.0 Å². The van der Waals surface area contributed by atoms with Gasteiger partial charge in [0.05, 0.1) is 17.6 Å². The van der Waals surface area contributed by atoms with Crippen LogP contribution < -0.4 is 5.32 Å². The predicted octanol–water partition coefficient (Wildman–Crippen LogP) is 1.13. The van der Waals surface area contributed by atoms with Gasteiger partial charge in [0.2, 0.25) is 0 Å². The molecule has 0 bridgehead atoms. The van der Waals surface area contributed by atoms with Gasteiger partial charge in [-0.1, -0.05) is 12.1 Å². The number of rotatable bonds is 6. The minimum atomic E-state index is -0.712. The topological polar surface area (TPSA) is 113 Å². The third-order valence-corrected chi connectivity index (χ3v) is 4.07. The maximum atomic E-state index is 10.6. The molecule has 0 amide bonds. The van der Waals surface area contributed by atoms with Crippen LogP contribution in [0.2, 0.25) is 0 Å². The van der Waals surface area contributed by atoms with E-state index in [0.29, 0.717) is 12.3 Å². The van der Waals surface area contributed by atoms with Crippen LogP contribution in [0.25, 0.3) is 0 Å². The van der Waals surface area contributed by atoms with E-state index in [2.05, 4.69) is 10.4 Å². The predicted molar refractivity (Wildman–Crippen MR) is 82.1 cm³/mol. The van der Waals surface area contributed by atoms with E-state index in [0.717, 1.165) is 30.2 Å². The lowest BCUT2D eigenvalue weighted by Gasteiger charge is -2.17. The van der Waals surface area contributed by atoms with Gasteiger partial charge >= 0.3 is 5.69 Å². The third kappa shape index (κ3) is 3.33. The van der Waals surface area contributed by atoms with Gasteiger partial charge in [0.25, 0.3) is 0 Å². The monoisotopic (exact) mass is 318 g/mol. The van der Waals surface area contributed by atoms with Gasteiger partial charge in [-0.05, 0) is 30.0 Å². The third-order valence-electron chi connectivity index (χ3n) is 4.07. The van der Waals surface area contributed by atoms with Crippen molar-refractivity contribution in [1.82, 2.24) is 15.1 Å². The molecule has 2 atom stereocenters. The first-order valence-electron chi connectivity index (χ1n) is 7.43. The van der Waals surface area contributed by atoms with Crippen LogP contribution in [0.1, 0.15) is 23.6 Å². The van der Waals surface area contributed by atoms with Crippen molar-refractivity contribution >= 4 is 5.69 Å². The number of phenols is 1. The fraction of sp³-hybridized carbons (Fsp3) is 0.400. The SMILES string of the molecule is O=[N+]([O-])c1cnn(CC(O)CNC2CCc3c(O)cccc32)c1. The molecule has 1 aromatic heterocycles. The van der Waals surface area contributed by atoms with E-state index in [1.165, 1.54) is 10.9 Å². The van der Waals surface area contributed by atoms with Crippen LogP contribution in [0, 0.1) is 10.1 Å². The van der Waals surface area contributed by atoms with Crippen LogP contribution >= 0.6 is 0 Å². The van der Waals surface area contributed by atoms with Gasteiger partial charge < -0.3 is 15.5 Å². The van der Waals surface area contributed by atoms with Gasteiger partial charge in [-0.3, -0.25) is 14.8 Å². The average molecular weight is 318 g/mol. The number of nitrogens with zero attached hydrogens (tertiary/aromatic N) is 3. The highest BCUT2D eigenvalue weighted by Gasteiger charge is 2.24. The second-order valence-corrected chi connectivity index (χ2v) is 5.68. The standard InChI is InChI=1S/C15H18N4O4/c20-11(9-18-8-10(6-17-18)19(22)23)7-16-14-5-4-13-12(14)2-1-3-15(13)21/h1-3,6,8,11,14,16,20-21H,4-5,7,9H2. The summed E-state index contributed by atoms with van der Waals surface area (Å²) in [6.45, 7) is 0.522. The Bertz CT molecular complexity index is 715. The minimum Gasteiger partial charge on any atom is -0.508 e. The summed E-state index contributed by atoms with van der Waals surface area (Å²) < 4.78 is 1.36. The molecule has 1 aliphatic carbocycles. The van der Waals surface area contributed by atoms with Crippen molar-refractivity contribution in [3.63, 3.8) is 0 Å². The van der Waals surface area contributed by atoms with Crippen LogP contribution in [0.4, 0.5) is 5.69 Å². The summed E-state index contributed by atoms with van der Waals surface area (Å²) in [4.78, 5) is 10.1. The molecule has 23 heavy (non-hydrogen) atoms. The highest BCUT2D eigenvalue weighted by Crippen LogP contribution is 2.36. The molecular formula is C15H18N4O4. The Morgan fingerprint density at radius 2 is 2.35 bits per heavy atom. The summed E-state index contributed by atoms with van der Waals surface area (Å²) in [7, 11) is 0. The van der Waals surface area contributed by atoms with E-state index < -0.39 is 11.0 Å². The van der Waals surface area contributed by atoms with Gasteiger partial charge in [-0.2, -0.15) is 5.10 Å². The fourth-order valence-corrected chi connectivity index (χ4v) is 2.95. The smallest absolute Gasteiger partial charge is 0.306 e. The number of aromatic nitrogens is 2. The second kappa shape index (κ2) is 6.35. The second-order valence-electron chi connectivity index (χ2n) is 5.68. The van der Waals surface area contributed by atoms with Crippen molar-refractivity contribution in [3.05, 3.63) is 51.8 Å². The van der Waals surface area contributed by atoms with E-state index >= 15 is 0 Å². The number of aliphatic hydroxyl groups is 1. The van der Waals surface area contributed by atoms with Crippen molar-refractivity contribution in [2.45, 2.75) is 31.5 Å². The number of aromatic hydroxyl groups is 1. The van der Waals surface area contributed by atoms with Gasteiger partial charge in [0, 0.05) is 12.6 Å². The molecule has 1 aliphatic rings. The number of phenolic OH excluding ortho intramolecular Hbond substituents is 1. The lowest BCUT2D eigenvalue weighted by atomic mass is 10.1. The Morgan fingerprint density at radius 1 is 1.52 bits per heavy atom. The Kier molecular flexibility index (Phi) is 4.26. The summed E-state index contributed by atoms with van der Waals surface area (Å²) in [6.07, 6.45) is 3.42. The molecule has 8 nitrogen and oxygen atoms in total. The summed E-state index contributed by atoms with van der Waals surface area (Å²) in [5, 5.41) is 37.6. The molecular weight excluding hydrogens is 300 g/mol. The largest absolute Gasteiger partial charge is 0.508 e. The molecule has 0 radical (unpaired) electrons. The zero-order valence-electron chi connectivity index (χ0n) is 12.4. The van der Waals surface area contributed by atoms with Gasteiger partial charge in [-0.15, -0.1) is 0 Å². The number of hydrogen-bond acceptors (Lipinski definition) is 6. The lowest BCUT2D eigenvalue weighted by Crippen LogP contribution is -2.32. The quantitative estimate of drug-likeness (QED) is 0.543. The van der Waals surface area contributed by atoms with E-state index in [4.69, 9.17) is 0 Å². The van der Waals surface area contributed by atoms with Crippen molar-refractivity contribution in [2.24, 2.45) is 0 Å². The summed E-state index contributed by atoms with van der Waals surface area (Å²) in [5.74, 6) is 0.316. The Balaban J connectivity index is 1.55. The number of fused-ring (bicyclic) bond motifs is 1.